The molecule has 2 aromatic heterocycles. The summed E-state index contributed by atoms with van der Waals surface area (Å²) in [5.41, 5.74) is 0.631. The average molecular weight is 280 g/mol. The van der Waals surface area contributed by atoms with Crippen LogP contribution in [0.25, 0.3) is 0 Å². The van der Waals surface area contributed by atoms with Crippen LogP contribution in [0.4, 0.5) is 0 Å². The SMILES string of the molecule is COC(=O)c1ccc(C(=O)c2snnc2C(C)C)o1. The topological polar surface area (TPSA) is 82.3 Å². The summed E-state index contributed by atoms with van der Waals surface area (Å²) in [6.45, 7) is 3.85. The summed E-state index contributed by atoms with van der Waals surface area (Å²) in [7, 11) is 1.25. The number of methoxy groups -OCH3 is 1. The number of hydrogen-bond acceptors (Lipinski definition) is 7. The number of rotatable bonds is 4. The summed E-state index contributed by atoms with van der Waals surface area (Å²) < 4.78 is 13.5. The Morgan fingerprint density at radius 1 is 1.32 bits per heavy atom. The number of ketones is 1. The van der Waals surface area contributed by atoms with Crippen molar-refractivity contribution in [3.05, 3.63) is 34.2 Å². The minimum Gasteiger partial charge on any atom is -0.463 e. The highest BCUT2D eigenvalue weighted by molar-refractivity contribution is 7.08. The zero-order chi connectivity index (χ0) is 14.0. The fourth-order valence-corrected chi connectivity index (χ4v) is 2.28. The molecular formula is C12H12N2O4S. The molecule has 0 saturated carbocycles. The van der Waals surface area contributed by atoms with Gasteiger partial charge in [-0.15, -0.1) is 5.10 Å². The summed E-state index contributed by atoms with van der Waals surface area (Å²) >= 11 is 1.02. The molecule has 2 heterocycles. The molecule has 0 spiro atoms. The van der Waals surface area contributed by atoms with E-state index >= 15 is 0 Å². The number of ether oxygens (including phenoxy) is 1. The van der Waals surface area contributed by atoms with E-state index in [1.807, 2.05) is 13.8 Å². The Labute approximate surface area is 113 Å². The van der Waals surface area contributed by atoms with E-state index in [0.717, 1.165) is 11.5 Å². The van der Waals surface area contributed by atoms with Crippen LogP contribution in [0.5, 0.6) is 0 Å². The molecular weight excluding hydrogens is 268 g/mol. The van der Waals surface area contributed by atoms with E-state index in [1.165, 1.54) is 19.2 Å². The predicted octanol–water partition coefficient (Wildman–Crippen LogP) is 2.27. The van der Waals surface area contributed by atoms with Gasteiger partial charge in [-0.1, -0.05) is 18.3 Å². The fourth-order valence-electron chi connectivity index (χ4n) is 1.51. The Morgan fingerprint density at radius 2 is 2.00 bits per heavy atom. The molecule has 0 aliphatic rings. The smallest absolute Gasteiger partial charge is 0.373 e. The van der Waals surface area contributed by atoms with Crippen LogP contribution in [-0.4, -0.2) is 28.4 Å². The Morgan fingerprint density at radius 3 is 2.63 bits per heavy atom. The van der Waals surface area contributed by atoms with Crippen molar-refractivity contribution in [2.24, 2.45) is 0 Å². The molecule has 0 amide bonds. The first kappa shape index (κ1) is 13.4. The molecule has 0 fully saturated rings. The summed E-state index contributed by atoms with van der Waals surface area (Å²) in [4.78, 5) is 23.9. The largest absolute Gasteiger partial charge is 0.463 e. The quantitative estimate of drug-likeness (QED) is 0.631. The van der Waals surface area contributed by atoms with Crippen LogP contribution in [0.3, 0.4) is 0 Å². The molecule has 0 unspecified atom stereocenters. The lowest BCUT2D eigenvalue weighted by molar-refractivity contribution is 0.0563. The van der Waals surface area contributed by atoms with Gasteiger partial charge >= 0.3 is 5.97 Å². The Balaban J connectivity index is 2.31. The molecule has 0 atom stereocenters. The first-order chi connectivity index (χ1) is 9.04. The number of carbonyl (C=O) groups is 2. The normalized spacial score (nSPS) is 10.7. The van der Waals surface area contributed by atoms with Crippen molar-refractivity contribution in [3.63, 3.8) is 0 Å². The van der Waals surface area contributed by atoms with E-state index in [9.17, 15) is 9.59 Å². The van der Waals surface area contributed by atoms with Gasteiger partial charge in [-0.3, -0.25) is 4.79 Å². The van der Waals surface area contributed by atoms with Crippen LogP contribution in [0.1, 0.15) is 51.4 Å². The summed E-state index contributed by atoms with van der Waals surface area (Å²) in [6, 6.07) is 2.85. The number of hydrogen-bond donors (Lipinski definition) is 0. The molecule has 100 valence electrons. The Hall–Kier alpha value is -2.02. The first-order valence-corrected chi connectivity index (χ1v) is 6.37. The maximum absolute atomic E-state index is 12.2. The summed E-state index contributed by atoms with van der Waals surface area (Å²) in [6.07, 6.45) is 0. The van der Waals surface area contributed by atoms with Crippen LogP contribution in [0.15, 0.2) is 16.5 Å². The van der Waals surface area contributed by atoms with Crippen molar-refractivity contribution in [1.29, 1.82) is 0 Å². The van der Waals surface area contributed by atoms with Crippen molar-refractivity contribution >= 4 is 23.3 Å². The van der Waals surface area contributed by atoms with Gasteiger partial charge in [-0.2, -0.15) is 0 Å². The van der Waals surface area contributed by atoms with E-state index < -0.39 is 5.97 Å². The lowest BCUT2D eigenvalue weighted by atomic mass is 10.1. The van der Waals surface area contributed by atoms with Gasteiger partial charge in [0.05, 0.1) is 12.8 Å². The number of nitrogens with zero attached hydrogens (tertiary/aromatic N) is 2. The third-order valence-electron chi connectivity index (χ3n) is 2.48. The lowest BCUT2D eigenvalue weighted by Crippen LogP contribution is -2.03. The molecule has 0 aliphatic heterocycles. The first-order valence-electron chi connectivity index (χ1n) is 5.59. The van der Waals surface area contributed by atoms with Crippen molar-refractivity contribution in [1.82, 2.24) is 9.59 Å². The zero-order valence-electron chi connectivity index (χ0n) is 10.7. The van der Waals surface area contributed by atoms with E-state index in [2.05, 4.69) is 14.3 Å². The second kappa shape index (κ2) is 5.31. The van der Waals surface area contributed by atoms with E-state index in [0.29, 0.717) is 10.6 Å². The number of esters is 1. The molecule has 0 radical (unpaired) electrons. The molecule has 2 aromatic rings. The summed E-state index contributed by atoms with van der Waals surface area (Å²) in [5.74, 6) is -0.782. The Bertz CT molecular complexity index is 615. The van der Waals surface area contributed by atoms with Gasteiger partial charge in [-0.25, -0.2) is 4.79 Å². The van der Waals surface area contributed by atoms with Crippen molar-refractivity contribution in [2.75, 3.05) is 7.11 Å². The zero-order valence-corrected chi connectivity index (χ0v) is 11.5. The van der Waals surface area contributed by atoms with Gasteiger partial charge in [0.1, 0.15) is 4.88 Å². The van der Waals surface area contributed by atoms with Crippen LogP contribution in [0, 0.1) is 0 Å². The molecule has 19 heavy (non-hydrogen) atoms. The van der Waals surface area contributed by atoms with E-state index in [4.69, 9.17) is 4.42 Å². The van der Waals surface area contributed by atoms with Gasteiger partial charge < -0.3 is 9.15 Å². The standard InChI is InChI=1S/C12H12N2O4S/c1-6(2)9-11(19-14-13-9)10(15)7-4-5-8(18-7)12(16)17-3/h4-6H,1-3H3. The molecule has 0 bridgehead atoms. The van der Waals surface area contributed by atoms with Crippen LogP contribution < -0.4 is 0 Å². The van der Waals surface area contributed by atoms with Gasteiger partial charge in [-0.05, 0) is 29.6 Å². The van der Waals surface area contributed by atoms with Crippen LogP contribution in [0.2, 0.25) is 0 Å². The highest BCUT2D eigenvalue weighted by atomic mass is 32.1. The molecule has 0 N–H and O–H groups in total. The molecule has 6 nitrogen and oxygen atoms in total. The fraction of sp³-hybridized carbons (Fsp3) is 0.333. The predicted molar refractivity (Wildman–Crippen MR) is 67.5 cm³/mol. The number of furan rings is 1. The van der Waals surface area contributed by atoms with Crippen LogP contribution >= 0.6 is 11.5 Å². The monoisotopic (exact) mass is 280 g/mol. The third kappa shape index (κ3) is 2.55. The lowest BCUT2D eigenvalue weighted by Gasteiger charge is -2.01. The van der Waals surface area contributed by atoms with Gasteiger partial charge in [0, 0.05) is 0 Å². The highest BCUT2D eigenvalue weighted by Gasteiger charge is 2.23. The minimum atomic E-state index is -0.620. The van der Waals surface area contributed by atoms with Gasteiger partial charge in [0.15, 0.2) is 5.76 Å². The summed E-state index contributed by atoms with van der Waals surface area (Å²) in [5, 5.41) is 3.93. The van der Waals surface area contributed by atoms with Crippen molar-refractivity contribution in [3.8, 4) is 0 Å². The molecule has 0 saturated heterocycles. The van der Waals surface area contributed by atoms with E-state index in [-0.39, 0.29) is 23.2 Å². The third-order valence-corrected chi connectivity index (χ3v) is 3.22. The second-order valence-corrected chi connectivity index (χ2v) is 4.88. The number of carbonyl (C=O) groups excluding carboxylic acids is 2. The van der Waals surface area contributed by atoms with Crippen LogP contribution in [-0.2, 0) is 4.74 Å². The highest BCUT2D eigenvalue weighted by Crippen LogP contribution is 2.23. The minimum absolute atomic E-state index is 0.00517. The van der Waals surface area contributed by atoms with Gasteiger partial charge in [0.2, 0.25) is 11.5 Å². The maximum atomic E-state index is 12.2. The molecule has 0 aromatic carbocycles. The van der Waals surface area contributed by atoms with E-state index in [1.54, 1.807) is 0 Å². The number of aromatic nitrogens is 2. The molecule has 0 aliphatic carbocycles. The van der Waals surface area contributed by atoms with Gasteiger partial charge in [0.25, 0.3) is 0 Å². The van der Waals surface area contributed by atoms with Crippen molar-refractivity contribution in [2.45, 2.75) is 19.8 Å². The van der Waals surface area contributed by atoms with Crippen molar-refractivity contribution < 1.29 is 18.7 Å². The molecule has 7 heteroatoms. The molecule has 2 rings (SSSR count). The average Bonchev–Trinajstić information content (AvgIpc) is 3.05. The Kier molecular flexibility index (Phi) is 3.75. The maximum Gasteiger partial charge on any atom is 0.373 e. The second-order valence-electron chi connectivity index (χ2n) is 4.13.